The summed E-state index contributed by atoms with van der Waals surface area (Å²) in [5.41, 5.74) is 4.95. The summed E-state index contributed by atoms with van der Waals surface area (Å²) in [6.07, 6.45) is 3.44. The Morgan fingerprint density at radius 1 is 1.60 bits per heavy atom. The molecule has 0 aromatic rings. The molecule has 0 spiro atoms. The molecule has 0 aromatic carbocycles. The van der Waals surface area contributed by atoms with Crippen molar-refractivity contribution < 1.29 is 4.79 Å². The molecule has 6 heteroatoms. The summed E-state index contributed by atoms with van der Waals surface area (Å²) in [5.74, 6) is -0.295. The van der Waals surface area contributed by atoms with E-state index in [1.165, 1.54) is 11.9 Å². The van der Waals surface area contributed by atoms with Gasteiger partial charge < -0.3 is 10.5 Å². The molecule has 0 saturated carbocycles. The molecule has 60 valence electrons. The van der Waals surface area contributed by atoms with E-state index in [1.807, 2.05) is 0 Å². The van der Waals surface area contributed by atoms with Crippen LogP contribution in [0.3, 0.4) is 0 Å². The maximum absolute atomic E-state index is 10.3. The van der Waals surface area contributed by atoms with Gasteiger partial charge in [-0.15, -0.1) is 24.8 Å². The summed E-state index contributed by atoms with van der Waals surface area (Å²) < 4.78 is 2.79. The molecule has 0 fully saturated rings. The quantitative estimate of drug-likeness (QED) is 0.608. The van der Waals surface area contributed by atoms with Gasteiger partial charge in [-0.2, -0.15) is 0 Å². The van der Waals surface area contributed by atoms with Crippen molar-refractivity contribution in [3.63, 3.8) is 0 Å². The first kappa shape index (κ1) is 12.6. The van der Waals surface area contributed by atoms with E-state index in [2.05, 4.69) is 4.72 Å². The average Bonchev–Trinajstić information content (AvgIpc) is 2.12. The van der Waals surface area contributed by atoms with Gasteiger partial charge in [0.05, 0.1) is 0 Å². The van der Waals surface area contributed by atoms with E-state index in [-0.39, 0.29) is 36.0 Å². The minimum absolute atomic E-state index is 0. The van der Waals surface area contributed by atoms with Crippen LogP contribution in [0.15, 0.2) is 12.3 Å². The van der Waals surface area contributed by atoms with Crippen LogP contribution in [0.2, 0.25) is 0 Å². The third kappa shape index (κ3) is 3.20. The Balaban J connectivity index is 0. The topological polar surface area (TPSA) is 55.1 Å². The highest BCUT2D eigenvalue weighted by Gasteiger charge is 2.14. The summed E-state index contributed by atoms with van der Waals surface area (Å²) >= 11 is 1.31. The van der Waals surface area contributed by atoms with Crippen LogP contribution in [0.4, 0.5) is 0 Å². The Bertz CT molecular complexity index is 141. The Hall–Kier alpha value is -0.0600. The number of hydrogen-bond acceptors (Lipinski definition) is 3. The Morgan fingerprint density at radius 2 is 2.20 bits per heavy atom. The molecule has 0 bridgehead atoms. The SMILES string of the molecule is Cl.Cl.NC(=O)C1C=CNS1. The van der Waals surface area contributed by atoms with Crippen LogP contribution in [0.25, 0.3) is 0 Å². The third-order valence-corrected chi connectivity index (χ3v) is 1.73. The average molecular weight is 203 g/mol. The first-order valence-corrected chi connectivity index (χ1v) is 3.06. The Labute approximate surface area is 75.8 Å². The number of nitrogens with one attached hydrogen (secondary N) is 1. The van der Waals surface area contributed by atoms with E-state index < -0.39 is 0 Å². The van der Waals surface area contributed by atoms with E-state index >= 15 is 0 Å². The van der Waals surface area contributed by atoms with E-state index in [0.717, 1.165) is 0 Å². The molecular formula is C4H8Cl2N2OS. The molecule has 3 N–H and O–H groups in total. The molecule has 1 aliphatic rings. The predicted molar refractivity (Wildman–Crippen MR) is 47.3 cm³/mol. The summed E-state index contributed by atoms with van der Waals surface area (Å²) in [5, 5.41) is -0.171. The van der Waals surface area contributed by atoms with Gasteiger partial charge in [-0.25, -0.2) is 0 Å². The van der Waals surface area contributed by atoms with Crippen LogP contribution >= 0.6 is 36.8 Å². The highest BCUT2D eigenvalue weighted by Crippen LogP contribution is 2.12. The summed E-state index contributed by atoms with van der Waals surface area (Å²) in [6, 6.07) is 0. The zero-order valence-electron chi connectivity index (χ0n) is 4.94. The smallest absolute Gasteiger partial charge is 0.236 e. The fraction of sp³-hybridized carbons (Fsp3) is 0.250. The number of amides is 1. The fourth-order valence-corrected chi connectivity index (χ4v) is 1.01. The molecule has 1 amide bonds. The first-order valence-electron chi connectivity index (χ1n) is 2.18. The van der Waals surface area contributed by atoms with Gasteiger partial charge in [-0.1, -0.05) is 0 Å². The Morgan fingerprint density at radius 3 is 2.40 bits per heavy atom. The van der Waals surface area contributed by atoms with E-state index in [0.29, 0.717) is 0 Å². The van der Waals surface area contributed by atoms with E-state index in [4.69, 9.17) is 5.73 Å². The number of hydrogen-bond donors (Lipinski definition) is 2. The lowest BCUT2D eigenvalue weighted by Crippen LogP contribution is -2.22. The number of rotatable bonds is 1. The van der Waals surface area contributed by atoms with Gasteiger partial charge in [0.15, 0.2) is 0 Å². The Kier molecular flexibility index (Phi) is 7.19. The van der Waals surface area contributed by atoms with Crippen molar-refractivity contribution in [1.29, 1.82) is 0 Å². The van der Waals surface area contributed by atoms with Gasteiger partial charge in [-0.3, -0.25) is 4.79 Å². The molecule has 0 saturated heterocycles. The second-order valence-corrected chi connectivity index (χ2v) is 2.40. The lowest BCUT2D eigenvalue weighted by molar-refractivity contribution is -0.116. The lowest BCUT2D eigenvalue weighted by atomic mass is 10.4. The van der Waals surface area contributed by atoms with Crippen LogP contribution in [0.5, 0.6) is 0 Å². The van der Waals surface area contributed by atoms with Crippen molar-refractivity contribution in [3.8, 4) is 0 Å². The van der Waals surface area contributed by atoms with Crippen LogP contribution in [0, 0.1) is 0 Å². The molecule has 1 rings (SSSR count). The maximum atomic E-state index is 10.3. The lowest BCUT2D eigenvalue weighted by Gasteiger charge is -1.96. The largest absolute Gasteiger partial charge is 0.368 e. The zero-order chi connectivity index (χ0) is 5.98. The highest BCUT2D eigenvalue weighted by molar-refractivity contribution is 7.99. The van der Waals surface area contributed by atoms with Crippen LogP contribution < -0.4 is 10.5 Å². The normalized spacial score (nSPS) is 20.2. The van der Waals surface area contributed by atoms with Crippen LogP contribution in [-0.2, 0) is 4.79 Å². The molecule has 0 aromatic heterocycles. The minimum Gasteiger partial charge on any atom is -0.368 e. The second kappa shape index (κ2) is 5.70. The van der Waals surface area contributed by atoms with Gasteiger partial charge in [0.1, 0.15) is 5.25 Å². The molecule has 1 unspecified atom stereocenters. The highest BCUT2D eigenvalue weighted by atomic mass is 35.5. The molecule has 0 radical (unpaired) electrons. The molecule has 3 nitrogen and oxygen atoms in total. The second-order valence-electron chi connectivity index (χ2n) is 1.42. The minimum atomic E-state index is -0.295. The monoisotopic (exact) mass is 202 g/mol. The number of primary amides is 1. The molecular weight excluding hydrogens is 195 g/mol. The van der Waals surface area contributed by atoms with Crippen molar-refractivity contribution in [2.24, 2.45) is 5.73 Å². The molecule has 1 heterocycles. The van der Waals surface area contributed by atoms with Crippen molar-refractivity contribution in [3.05, 3.63) is 12.3 Å². The van der Waals surface area contributed by atoms with Gasteiger partial charge in [0.25, 0.3) is 0 Å². The zero-order valence-corrected chi connectivity index (χ0v) is 7.39. The number of carbonyl (C=O) groups is 1. The molecule has 1 atom stereocenters. The number of nitrogens with two attached hydrogens (primary N) is 1. The van der Waals surface area contributed by atoms with Gasteiger partial charge in [0.2, 0.25) is 5.91 Å². The standard InChI is InChI=1S/C4H6N2OS.2ClH/c5-4(7)3-1-2-6-8-3;;/h1-3,6H,(H2,5,7);2*1H. The van der Waals surface area contributed by atoms with Gasteiger partial charge >= 0.3 is 0 Å². The van der Waals surface area contributed by atoms with Crippen LogP contribution in [0.1, 0.15) is 0 Å². The van der Waals surface area contributed by atoms with Crippen molar-refractivity contribution in [1.82, 2.24) is 4.72 Å². The molecule has 0 aliphatic carbocycles. The van der Waals surface area contributed by atoms with Crippen molar-refractivity contribution in [2.45, 2.75) is 5.25 Å². The number of halogens is 2. The van der Waals surface area contributed by atoms with Crippen molar-refractivity contribution >= 4 is 42.7 Å². The van der Waals surface area contributed by atoms with Gasteiger partial charge in [-0.05, 0) is 18.0 Å². The molecule has 1 aliphatic heterocycles. The third-order valence-electron chi connectivity index (χ3n) is 0.814. The fourth-order valence-electron chi connectivity index (χ4n) is 0.431. The molecule has 10 heavy (non-hydrogen) atoms. The summed E-state index contributed by atoms with van der Waals surface area (Å²) in [6.45, 7) is 0. The van der Waals surface area contributed by atoms with Gasteiger partial charge in [0, 0.05) is 6.20 Å². The number of carbonyl (C=O) groups excluding carboxylic acids is 1. The van der Waals surface area contributed by atoms with E-state index in [9.17, 15) is 4.79 Å². The first-order chi connectivity index (χ1) is 3.80. The van der Waals surface area contributed by atoms with Crippen LogP contribution in [-0.4, -0.2) is 11.2 Å². The van der Waals surface area contributed by atoms with Crippen molar-refractivity contribution in [2.75, 3.05) is 0 Å². The predicted octanol–water partition coefficient (Wildman–Crippen LogP) is 0.449. The summed E-state index contributed by atoms with van der Waals surface area (Å²) in [4.78, 5) is 10.3. The van der Waals surface area contributed by atoms with E-state index in [1.54, 1.807) is 12.3 Å². The maximum Gasteiger partial charge on any atom is 0.236 e. The summed E-state index contributed by atoms with van der Waals surface area (Å²) in [7, 11) is 0.